The Kier molecular flexibility index (Phi) is 5.23. The molecule has 1 aliphatic rings. The van der Waals surface area contributed by atoms with Gasteiger partial charge in [-0.1, -0.05) is 18.2 Å². The molecule has 3 N–H and O–H groups in total. The number of carbonyl (C=O) groups excluding carboxylic acids is 1. The predicted molar refractivity (Wildman–Crippen MR) is 96.5 cm³/mol. The van der Waals surface area contributed by atoms with Gasteiger partial charge in [-0.2, -0.15) is 5.10 Å². The first kappa shape index (κ1) is 17.3. The van der Waals surface area contributed by atoms with E-state index in [1.807, 2.05) is 6.07 Å². The van der Waals surface area contributed by atoms with Crippen LogP contribution >= 0.6 is 0 Å². The van der Waals surface area contributed by atoms with E-state index in [0.29, 0.717) is 12.1 Å². The van der Waals surface area contributed by atoms with Crippen molar-refractivity contribution in [3.8, 4) is 0 Å². The quantitative estimate of drug-likeness (QED) is 0.736. The first-order chi connectivity index (χ1) is 12.0. The number of aliphatic hydroxyl groups excluding tert-OH is 1. The van der Waals surface area contributed by atoms with Gasteiger partial charge < -0.3 is 20.6 Å². The molecule has 2 heterocycles. The van der Waals surface area contributed by atoms with Gasteiger partial charge in [-0.25, -0.2) is 4.79 Å². The number of carbonyl (C=O) groups is 1. The SMILES string of the molecule is C[C@H](CNC(=O)NC[C@H](O)c1cnn(C)c1)N1CCc2ccccc21. The number of hydrogen-bond acceptors (Lipinski definition) is 4. The van der Waals surface area contributed by atoms with Gasteiger partial charge in [0.15, 0.2) is 0 Å². The van der Waals surface area contributed by atoms with Crippen molar-refractivity contribution >= 4 is 11.7 Å². The molecule has 2 amide bonds. The summed E-state index contributed by atoms with van der Waals surface area (Å²) in [4.78, 5) is 14.3. The summed E-state index contributed by atoms with van der Waals surface area (Å²) in [6.07, 6.45) is 3.61. The molecule has 1 aliphatic heterocycles. The van der Waals surface area contributed by atoms with Crippen LogP contribution in [0, 0.1) is 0 Å². The van der Waals surface area contributed by atoms with Crippen LogP contribution in [0.15, 0.2) is 36.7 Å². The van der Waals surface area contributed by atoms with E-state index in [1.165, 1.54) is 11.3 Å². The first-order valence-electron chi connectivity index (χ1n) is 8.57. The second-order valence-corrected chi connectivity index (χ2v) is 6.48. The van der Waals surface area contributed by atoms with Crippen LogP contribution in [-0.4, -0.2) is 46.6 Å². The maximum atomic E-state index is 12.0. The van der Waals surface area contributed by atoms with Crippen LogP contribution < -0.4 is 15.5 Å². The maximum absolute atomic E-state index is 12.0. The normalized spacial score (nSPS) is 15.6. The molecule has 2 atom stereocenters. The lowest BCUT2D eigenvalue weighted by Gasteiger charge is -2.27. The Labute approximate surface area is 147 Å². The Morgan fingerprint density at radius 3 is 2.84 bits per heavy atom. The lowest BCUT2D eigenvalue weighted by Crippen LogP contribution is -2.45. The standard InChI is InChI=1S/C18H25N5O2/c1-13(23-8-7-14-5-3-4-6-16(14)23)9-19-18(25)20-11-17(24)15-10-21-22(2)12-15/h3-6,10,12-13,17,24H,7-9,11H2,1-2H3,(H2,19,20,25)/t13-,17+/m1/s1. The first-order valence-corrected chi connectivity index (χ1v) is 8.57. The molecule has 0 saturated heterocycles. The topological polar surface area (TPSA) is 82.4 Å². The van der Waals surface area contributed by atoms with Crippen molar-refractivity contribution in [3.63, 3.8) is 0 Å². The Morgan fingerprint density at radius 2 is 2.08 bits per heavy atom. The van der Waals surface area contributed by atoms with Crippen LogP contribution in [0.2, 0.25) is 0 Å². The van der Waals surface area contributed by atoms with Gasteiger partial charge >= 0.3 is 6.03 Å². The van der Waals surface area contributed by atoms with Crippen LogP contribution in [0.1, 0.15) is 24.2 Å². The highest BCUT2D eigenvalue weighted by atomic mass is 16.3. The molecular weight excluding hydrogens is 318 g/mol. The van der Waals surface area contributed by atoms with Gasteiger partial charge in [-0.15, -0.1) is 0 Å². The molecular formula is C18H25N5O2. The van der Waals surface area contributed by atoms with Crippen molar-refractivity contribution in [3.05, 3.63) is 47.8 Å². The smallest absolute Gasteiger partial charge is 0.314 e. The van der Waals surface area contributed by atoms with Crippen LogP contribution in [0.3, 0.4) is 0 Å². The fraction of sp³-hybridized carbons (Fsp3) is 0.444. The molecule has 2 aromatic rings. The number of aromatic nitrogens is 2. The number of para-hydroxylation sites is 1. The maximum Gasteiger partial charge on any atom is 0.314 e. The summed E-state index contributed by atoms with van der Waals surface area (Å²) in [5.41, 5.74) is 3.30. The van der Waals surface area contributed by atoms with E-state index < -0.39 is 6.10 Å². The van der Waals surface area contributed by atoms with Gasteiger partial charge in [0.25, 0.3) is 0 Å². The van der Waals surface area contributed by atoms with E-state index in [9.17, 15) is 9.90 Å². The number of amides is 2. The fourth-order valence-electron chi connectivity index (χ4n) is 3.15. The van der Waals surface area contributed by atoms with E-state index in [2.05, 4.69) is 45.8 Å². The lowest BCUT2D eigenvalue weighted by molar-refractivity contribution is 0.173. The zero-order chi connectivity index (χ0) is 17.8. The molecule has 0 radical (unpaired) electrons. The summed E-state index contributed by atoms with van der Waals surface area (Å²) in [7, 11) is 1.79. The Balaban J connectivity index is 1.43. The third kappa shape index (κ3) is 4.11. The highest BCUT2D eigenvalue weighted by molar-refractivity contribution is 5.74. The molecule has 1 aromatic heterocycles. The average Bonchev–Trinajstić information content (AvgIpc) is 3.23. The number of rotatable bonds is 6. The summed E-state index contributed by atoms with van der Waals surface area (Å²) in [6, 6.07) is 8.32. The van der Waals surface area contributed by atoms with E-state index in [-0.39, 0.29) is 18.6 Å². The molecule has 0 spiro atoms. The monoisotopic (exact) mass is 343 g/mol. The van der Waals surface area contributed by atoms with Crippen molar-refractivity contribution in [1.29, 1.82) is 0 Å². The Morgan fingerprint density at radius 1 is 1.32 bits per heavy atom. The lowest BCUT2D eigenvalue weighted by atomic mass is 10.2. The molecule has 0 bridgehead atoms. The van der Waals surface area contributed by atoms with Crippen LogP contribution in [-0.2, 0) is 13.5 Å². The fourth-order valence-corrected chi connectivity index (χ4v) is 3.15. The average molecular weight is 343 g/mol. The van der Waals surface area contributed by atoms with Crippen molar-refractivity contribution in [2.24, 2.45) is 7.05 Å². The summed E-state index contributed by atoms with van der Waals surface area (Å²) < 4.78 is 1.62. The van der Waals surface area contributed by atoms with Gasteiger partial charge in [0.05, 0.1) is 12.3 Å². The highest BCUT2D eigenvalue weighted by Gasteiger charge is 2.23. The number of nitrogens with zero attached hydrogens (tertiary/aromatic N) is 3. The number of urea groups is 1. The zero-order valence-electron chi connectivity index (χ0n) is 14.6. The van der Waals surface area contributed by atoms with E-state index >= 15 is 0 Å². The molecule has 7 nitrogen and oxygen atoms in total. The highest BCUT2D eigenvalue weighted by Crippen LogP contribution is 2.28. The number of benzene rings is 1. The Hall–Kier alpha value is -2.54. The number of anilines is 1. The van der Waals surface area contributed by atoms with Crippen LogP contribution in [0.5, 0.6) is 0 Å². The molecule has 7 heteroatoms. The van der Waals surface area contributed by atoms with Gasteiger partial charge in [0.2, 0.25) is 0 Å². The number of nitrogens with one attached hydrogen (secondary N) is 2. The molecule has 0 fully saturated rings. The molecule has 3 rings (SSSR count). The van der Waals surface area contributed by atoms with Gasteiger partial charge in [0, 0.05) is 50.2 Å². The molecule has 0 saturated carbocycles. The molecule has 25 heavy (non-hydrogen) atoms. The minimum atomic E-state index is -0.762. The van der Waals surface area contributed by atoms with E-state index in [4.69, 9.17) is 0 Å². The van der Waals surface area contributed by atoms with Crippen LogP contribution in [0.25, 0.3) is 0 Å². The summed E-state index contributed by atoms with van der Waals surface area (Å²) in [5, 5.41) is 19.6. The predicted octanol–water partition coefficient (Wildman–Crippen LogP) is 1.20. The van der Waals surface area contributed by atoms with E-state index in [1.54, 1.807) is 24.1 Å². The molecule has 1 aromatic carbocycles. The molecule has 0 unspecified atom stereocenters. The van der Waals surface area contributed by atoms with E-state index in [0.717, 1.165) is 13.0 Å². The third-order valence-electron chi connectivity index (χ3n) is 4.58. The van der Waals surface area contributed by atoms with Crippen molar-refractivity contribution in [2.75, 3.05) is 24.5 Å². The minimum Gasteiger partial charge on any atom is -0.386 e. The molecule has 134 valence electrons. The number of fused-ring (bicyclic) bond motifs is 1. The number of aliphatic hydroxyl groups is 1. The van der Waals surface area contributed by atoms with Gasteiger partial charge in [-0.05, 0) is 25.0 Å². The van der Waals surface area contributed by atoms with Crippen molar-refractivity contribution in [1.82, 2.24) is 20.4 Å². The number of hydrogen-bond donors (Lipinski definition) is 3. The molecule has 0 aliphatic carbocycles. The van der Waals surface area contributed by atoms with Crippen molar-refractivity contribution in [2.45, 2.75) is 25.5 Å². The van der Waals surface area contributed by atoms with Gasteiger partial charge in [0.1, 0.15) is 0 Å². The van der Waals surface area contributed by atoms with Gasteiger partial charge in [-0.3, -0.25) is 4.68 Å². The van der Waals surface area contributed by atoms with Crippen LogP contribution in [0.4, 0.5) is 10.5 Å². The minimum absolute atomic E-state index is 0.151. The Bertz CT molecular complexity index is 730. The second kappa shape index (κ2) is 7.57. The summed E-state index contributed by atoms with van der Waals surface area (Å²) in [6.45, 7) is 3.78. The third-order valence-corrected chi connectivity index (χ3v) is 4.58. The largest absolute Gasteiger partial charge is 0.386 e. The second-order valence-electron chi connectivity index (χ2n) is 6.48. The summed E-state index contributed by atoms with van der Waals surface area (Å²) in [5.74, 6) is 0. The zero-order valence-corrected chi connectivity index (χ0v) is 14.6. The van der Waals surface area contributed by atoms with Crippen molar-refractivity contribution < 1.29 is 9.90 Å². The summed E-state index contributed by atoms with van der Waals surface area (Å²) >= 11 is 0. The number of aryl methyl sites for hydroxylation is 1.